The molecule has 0 bridgehead atoms. The Hall–Kier alpha value is -1.02. The molecule has 2 rings (SSSR count). The number of benzene rings is 1. The van der Waals surface area contributed by atoms with Gasteiger partial charge in [-0.15, -0.1) is 0 Å². The topological polar surface area (TPSA) is 35.2 Å². The van der Waals surface area contributed by atoms with Gasteiger partial charge in [0.15, 0.2) is 0 Å². The van der Waals surface area contributed by atoms with Crippen molar-refractivity contribution < 1.29 is 4.74 Å². The Morgan fingerprint density at radius 3 is 3.07 bits per heavy atom. The van der Waals surface area contributed by atoms with E-state index in [1.165, 1.54) is 11.1 Å². The van der Waals surface area contributed by atoms with Crippen molar-refractivity contribution in [3.63, 3.8) is 0 Å². The Balaban J connectivity index is 2.28. The minimum absolute atomic E-state index is 0.163. The van der Waals surface area contributed by atoms with Gasteiger partial charge < -0.3 is 10.5 Å². The summed E-state index contributed by atoms with van der Waals surface area (Å²) in [7, 11) is 0. The molecular weight excluding hydrogens is 174 g/mol. The molecule has 76 valence electrons. The fourth-order valence-electron chi connectivity index (χ4n) is 1.91. The first kappa shape index (κ1) is 9.53. The fourth-order valence-corrected chi connectivity index (χ4v) is 1.91. The molecule has 0 aromatic heterocycles. The van der Waals surface area contributed by atoms with E-state index in [-0.39, 0.29) is 6.04 Å². The lowest BCUT2D eigenvalue weighted by molar-refractivity contribution is 0.254. The molecule has 1 heterocycles. The second-order valence-electron chi connectivity index (χ2n) is 4.01. The van der Waals surface area contributed by atoms with Crippen molar-refractivity contribution in [2.24, 2.45) is 5.73 Å². The summed E-state index contributed by atoms with van der Waals surface area (Å²) in [5.41, 5.74) is 8.51. The molecule has 0 saturated heterocycles. The smallest absolute Gasteiger partial charge is 0.123 e. The zero-order valence-corrected chi connectivity index (χ0v) is 8.79. The summed E-state index contributed by atoms with van der Waals surface area (Å²) in [6.07, 6.45) is 2.31. The summed E-state index contributed by atoms with van der Waals surface area (Å²) in [4.78, 5) is 0. The summed E-state index contributed by atoms with van der Waals surface area (Å²) >= 11 is 0. The summed E-state index contributed by atoms with van der Waals surface area (Å²) < 4.78 is 5.63. The van der Waals surface area contributed by atoms with E-state index in [9.17, 15) is 0 Å². The number of ether oxygens (including phenoxy) is 1. The van der Waals surface area contributed by atoms with E-state index in [0.717, 1.165) is 18.6 Å². The highest BCUT2D eigenvalue weighted by Gasteiger charge is 2.19. The first-order valence-electron chi connectivity index (χ1n) is 5.25. The highest BCUT2D eigenvalue weighted by atomic mass is 16.5. The molecule has 0 fully saturated rings. The second-order valence-corrected chi connectivity index (χ2v) is 4.01. The van der Waals surface area contributed by atoms with Crippen LogP contribution in [0.15, 0.2) is 18.2 Å². The van der Waals surface area contributed by atoms with Crippen molar-refractivity contribution in [1.29, 1.82) is 0 Å². The summed E-state index contributed by atoms with van der Waals surface area (Å²) in [6.45, 7) is 4.20. The molecule has 1 aromatic rings. The van der Waals surface area contributed by atoms with Gasteiger partial charge >= 0.3 is 0 Å². The van der Waals surface area contributed by atoms with Crippen LogP contribution in [-0.2, 0) is 6.42 Å². The van der Waals surface area contributed by atoms with E-state index < -0.39 is 0 Å². The molecule has 0 aliphatic carbocycles. The van der Waals surface area contributed by atoms with Crippen molar-refractivity contribution in [3.05, 3.63) is 29.3 Å². The quantitative estimate of drug-likeness (QED) is 0.779. The normalized spacial score (nSPS) is 21.5. The zero-order chi connectivity index (χ0) is 10.1. The molecule has 2 atom stereocenters. The third kappa shape index (κ3) is 1.62. The molecule has 1 aromatic carbocycles. The number of hydrogen-bond donors (Lipinski definition) is 1. The van der Waals surface area contributed by atoms with Crippen molar-refractivity contribution in [2.45, 2.75) is 38.8 Å². The fraction of sp³-hybridized carbons (Fsp3) is 0.500. The van der Waals surface area contributed by atoms with Crippen LogP contribution < -0.4 is 10.5 Å². The monoisotopic (exact) mass is 191 g/mol. The lowest BCUT2D eigenvalue weighted by atomic mass is 10.0. The minimum Gasteiger partial charge on any atom is -0.490 e. The lowest BCUT2D eigenvalue weighted by Crippen LogP contribution is -2.08. The summed E-state index contributed by atoms with van der Waals surface area (Å²) in [6, 6.07) is 6.47. The maximum atomic E-state index is 5.98. The first-order valence-corrected chi connectivity index (χ1v) is 5.25. The van der Waals surface area contributed by atoms with Crippen LogP contribution in [0.5, 0.6) is 5.75 Å². The van der Waals surface area contributed by atoms with Crippen LogP contribution in [0.4, 0.5) is 0 Å². The average molecular weight is 191 g/mol. The van der Waals surface area contributed by atoms with E-state index >= 15 is 0 Å². The lowest BCUT2D eigenvalue weighted by Gasteiger charge is -2.10. The molecule has 14 heavy (non-hydrogen) atoms. The van der Waals surface area contributed by atoms with E-state index in [1.54, 1.807) is 0 Å². The largest absolute Gasteiger partial charge is 0.490 e. The van der Waals surface area contributed by atoms with Gasteiger partial charge in [0, 0.05) is 12.5 Å². The Labute approximate surface area is 85.1 Å². The predicted molar refractivity (Wildman–Crippen MR) is 57.5 cm³/mol. The van der Waals surface area contributed by atoms with Crippen LogP contribution in [0, 0.1) is 0 Å². The van der Waals surface area contributed by atoms with Crippen molar-refractivity contribution in [1.82, 2.24) is 0 Å². The Morgan fingerprint density at radius 1 is 1.57 bits per heavy atom. The van der Waals surface area contributed by atoms with E-state index in [0.29, 0.717) is 6.10 Å². The molecule has 2 N–H and O–H groups in total. The summed E-state index contributed by atoms with van der Waals surface area (Å²) in [5, 5.41) is 0. The van der Waals surface area contributed by atoms with Gasteiger partial charge in [0.2, 0.25) is 0 Å². The van der Waals surface area contributed by atoms with Gasteiger partial charge in [0.1, 0.15) is 11.9 Å². The van der Waals surface area contributed by atoms with Gasteiger partial charge in [-0.25, -0.2) is 0 Å². The Kier molecular flexibility index (Phi) is 2.46. The van der Waals surface area contributed by atoms with Crippen LogP contribution in [0.3, 0.4) is 0 Å². The molecule has 1 aliphatic rings. The molecule has 2 nitrogen and oxygen atoms in total. The molecule has 0 radical (unpaired) electrons. The third-order valence-electron chi connectivity index (χ3n) is 2.79. The van der Waals surface area contributed by atoms with Gasteiger partial charge in [-0.2, -0.15) is 0 Å². The maximum absolute atomic E-state index is 5.98. The van der Waals surface area contributed by atoms with Crippen molar-refractivity contribution in [3.8, 4) is 5.75 Å². The Bertz CT molecular complexity index is 335. The van der Waals surface area contributed by atoms with E-state index in [2.05, 4.69) is 26.0 Å². The summed E-state index contributed by atoms with van der Waals surface area (Å²) in [5.74, 6) is 1.03. The average Bonchev–Trinajstić information content (AvgIpc) is 2.55. The molecule has 2 heteroatoms. The van der Waals surface area contributed by atoms with Gasteiger partial charge in [-0.05, 0) is 30.5 Å². The van der Waals surface area contributed by atoms with Gasteiger partial charge in [-0.1, -0.05) is 19.1 Å². The van der Waals surface area contributed by atoms with Crippen LogP contribution in [-0.4, -0.2) is 6.10 Å². The zero-order valence-electron chi connectivity index (χ0n) is 8.79. The van der Waals surface area contributed by atoms with Crippen LogP contribution in [0.25, 0.3) is 0 Å². The predicted octanol–water partition coefficient (Wildman–Crippen LogP) is 2.42. The number of hydrogen-bond acceptors (Lipinski definition) is 2. The highest BCUT2D eigenvalue weighted by molar-refractivity contribution is 5.41. The van der Waals surface area contributed by atoms with E-state index in [4.69, 9.17) is 10.5 Å². The Morgan fingerprint density at radius 2 is 2.36 bits per heavy atom. The van der Waals surface area contributed by atoms with Gasteiger partial charge in [0.25, 0.3) is 0 Å². The number of fused-ring (bicyclic) bond motifs is 1. The molecular formula is C12H17NO. The SMILES string of the molecule is CC[C@@H](N)c1ccc2c(c1)C[C@@H](C)O2. The standard InChI is InChI=1S/C12H17NO/c1-3-11(13)9-4-5-12-10(7-9)6-8(2)14-12/h4-5,7-8,11H,3,6,13H2,1-2H3/t8-,11-/m1/s1. The number of nitrogens with two attached hydrogens (primary N) is 1. The van der Waals surface area contributed by atoms with Gasteiger partial charge in [-0.3, -0.25) is 0 Å². The van der Waals surface area contributed by atoms with E-state index in [1.807, 2.05) is 6.07 Å². The van der Waals surface area contributed by atoms with Crippen LogP contribution in [0.1, 0.15) is 37.4 Å². The molecule has 0 unspecified atom stereocenters. The van der Waals surface area contributed by atoms with Crippen LogP contribution in [0.2, 0.25) is 0 Å². The molecule has 0 spiro atoms. The van der Waals surface area contributed by atoms with Crippen molar-refractivity contribution in [2.75, 3.05) is 0 Å². The highest BCUT2D eigenvalue weighted by Crippen LogP contribution is 2.31. The number of rotatable bonds is 2. The third-order valence-corrected chi connectivity index (χ3v) is 2.79. The van der Waals surface area contributed by atoms with Gasteiger partial charge in [0.05, 0.1) is 0 Å². The second kappa shape index (κ2) is 3.62. The maximum Gasteiger partial charge on any atom is 0.123 e. The molecule has 1 aliphatic heterocycles. The van der Waals surface area contributed by atoms with Crippen molar-refractivity contribution >= 4 is 0 Å². The molecule has 0 saturated carbocycles. The minimum atomic E-state index is 0.163. The molecule has 0 amide bonds. The first-order chi connectivity index (χ1) is 6.70. The van der Waals surface area contributed by atoms with Crippen LogP contribution >= 0.6 is 0 Å².